The zero-order valence-corrected chi connectivity index (χ0v) is 15.7. The number of ether oxygens (including phenoxy) is 1. The molecule has 0 spiro atoms. The second-order valence-corrected chi connectivity index (χ2v) is 6.33. The van der Waals surface area contributed by atoms with Gasteiger partial charge in [0, 0.05) is 47.5 Å². The SMILES string of the molecule is Nc1ncc(-c2ccc(-c3ccc(C(F)(F)F)cc3Oc3ccnc(N)n3)cn2)cn1. The van der Waals surface area contributed by atoms with Crippen molar-refractivity contribution >= 4 is 11.9 Å². The molecule has 3 aromatic heterocycles. The van der Waals surface area contributed by atoms with Gasteiger partial charge in [0.15, 0.2) is 0 Å². The molecule has 0 aliphatic rings. The van der Waals surface area contributed by atoms with Gasteiger partial charge in [0.1, 0.15) is 5.75 Å². The normalized spacial score (nSPS) is 11.3. The number of pyridine rings is 1. The van der Waals surface area contributed by atoms with Gasteiger partial charge in [-0.05, 0) is 24.3 Å². The minimum atomic E-state index is -4.54. The van der Waals surface area contributed by atoms with Crippen LogP contribution in [0.1, 0.15) is 5.56 Å². The Hall–Kier alpha value is -4.28. The number of nitrogen functional groups attached to an aromatic ring is 2. The van der Waals surface area contributed by atoms with Crippen LogP contribution in [-0.4, -0.2) is 24.9 Å². The van der Waals surface area contributed by atoms with Crippen molar-refractivity contribution in [3.63, 3.8) is 0 Å². The molecule has 0 amide bonds. The van der Waals surface area contributed by atoms with Crippen LogP contribution in [0.25, 0.3) is 22.4 Å². The number of alkyl halides is 3. The lowest BCUT2D eigenvalue weighted by Gasteiger charge is -2.14. The van der Waals surface area contributed by atoms with Crippen LogP contribution in [0, 0.1) is 0 Å². The van der Waals surface area contributed by atoms with Crippen LogP contribution in [0.3, 0.4) is 0 Å². The second kappa shape index (κ2) is 7.86. The van der Waals surface area contributed by atoms with Crippen LogP contribution in [0.15, 0.2) is 61.2 Å². The number of hydrogen-bond acceptors (Lipinski definition) is 8. The van der Waals surface area contributed by atoms with Gasteiger partial charge in [-0.3, -0.25) is 4.98 Å². The van der Waals surface area contributed by atoms with Crippen molar-refractivity contribution in [2.45, 2.75) is 6.18 Å². The van der Waals surface area contributed by atoms with Gasteiger partial charge in [0.2, 0.25) is 17.8 Å². The van der Waals surface area contributed by atoms with E-state index in [9.17, 15) is 13.2 Å². The third-order valence-corrected chi connectivity index (χ3v) is 4.21. The van der Waals surface area contributed by atoms with E-state index in [2.05, 4.69) is 24.9 Å². The number of rotatable bonds is 4. The summed E-state index contributed by atoms with van der Waals surface area (Å²) in [6.45, 7) is 0. The van der Waals surface area contributed by atoms with Crippen molar-refractivity contribution in [1.29, 1.82) is 0 Å². The minimum Gasteiger partial charge on any atom is -0.438 e. The first-order valence-corrected chi connectivity index (χ1v) is 8.81. The quantitative estimate of drug-likeness (QED) is 0.503. The van der Waals surface area contributed by atoms with Gasteiger partial charge in [0.05, 0.1) is 11.3 Å². The highest BCUT2D eigenvalue weighted by atomic mass is 19.4. The Morgan fingerprint density at radius 1 is 0.774 bits per heavy atom. The molecule has 11 heteroatoms. The zero-order valence-electron chi connectivity index (χ0n) is 15.7. The van der Waals surface area contributed by atoms with E-state index in [0.717, 1.165) is 12.1 Å². The first-order valence-electron chi connectivity index (χ1n) is 8.81. The molecule has 4 aromatic rings. The van der Waals surface area contributed by atoms with Gasteiger partial charge in [-0.2, -0.15) is 18.2 Å². The Balaban J connectivity index is 1.73. The lowest BCUT2D eigenvalue weighted by atomic mass is 10.0. The lowest BCUT2D eigenvalue weighted by Crippen LogP contribution is -2.05. The molecule has 0 aliphatic carbocycles. The summed E-state index contributed by atoms with van der Waals surface area (Å²) < 4.78 is 45.3. The van der Waals surface area contributed by atoms with E-state index in [-0.39, 0.29) is 23.5 Å². The van der Waals surface area contributed by atoms with E-state index < -0.39 is 11.7 Å². The number of aromatic nitrogens is 5. The predicted molar refractivity (Wildman–Crippen MR) is 107 cm³/mol. The number of benzene rings is 1. The molecule has 0 radical (unpaired) electrons. The molecular formula is C20H14F3N7O. The smallest absolute Gasteiger partial charge is 0.416 e. The maximum atomic E-state index is 13.2. The number of halogens is 3. The summed E-state index contributed by atoms with van der Waals surface area (Å²) in [5.41, 5.74) is 12.3. The molecule has 0 fully saturated rings. The molecule has 0 unspecified atom stereocenters. The fourth-order valence-electron chi connectivity index (χ4n) is 2.74. The highest BCUT2D eigenvalue weighted by Gasteiger charge is 2.31. The number of nitrogens with zero attached hydrogens (tertiary/aromatic N) is 5. The third-order valence-electron chi connectivity index (χ3n) is 4.21. The predicted octanol–water partition coefficient (Wildman–Crippen LogP) is 3.97. The Bertz CT molecular complexity index is 1210. The molecule has 0 saturated carbocycles. The van der Waals surface area contributed by atoms with Gasteiger partial charge >= 0.3 is 6.18 Å². The van der Waals surface area contributed by atoms with Crippen molar-refractivity contribution < 1.29 is 17.9 Å². The van der Waals surface area contributed by atoms with Crippen molar-refractivity contribution in [3.8, 4) is 34.0 Å². The summed E-state index contributed by atoms with van der Waals surface area (Å²) in [5.74, 6) is 0.0232. The van der Waals surface area contributed by atoms with E-state index in [1.165, 1.54) is 36.9 Å². The molecule has 156 valence electrons. The van der Waals surface area contributed by atoms with Gasteiger partial charge < -0.3 is 16.2 Å². The molecule has 4 N–H and O–H groups in total. The molecule has 0 atom stereocenters. The summed E-state index contributed by atoms with van der Waals surface area (Å²) >= 11 is 0. The molecular weight excluding hydrogens is 411 g/mol. The van der Waals surface area contributed by atoms with E-state index >= 15 is 0 Å². The zero-order chi connectivity index (χ0) is 22.0. The Labute approximate surface area is 173 Å². The number of anilines is 2. The van der Waals surface area contributed by atoms with Crippen LogP contribution < -0.4 is 16.2 Å². The maximum Gasteiger partial charge on any atom is 0.416 e. The monoisotopic (exact) mass is 425 g/mol. The molecule has 0 bridgehead atoms. The van der Waals surface area contributed by atoms with Gasteiger partial charge in [-0.1, -0.05) is 6.07 Å². The Kier molecular flexibility index (Phi) is 5.07. The van der Waals surface area contributed by atoms with Crippen molar-refractivity contribution in [2.24, 2.45) is 0 Å². The van der Waals surface area contributed by atoms with Crippen LogP contribution >= 0.6 is 0 Å². The van der Waals surface area contributed by atoms with Gasteiger partial charge in [-0.15, -0.1) is 0 Å². The van der Waals surface area contributed by atoms with E-state index in [4.69, 9.17) is 16.2 Å². The summed E-state index contributed by atoms with van der Waals surface area (Å²) in [6.07, 6.45) is 1.36. The van der Waals surface area contributed by atoms with Crippen molar-refractivity contribution in [1.82, 2.24) is 24.9 Å². The molecule has 31 heavy (non-hydrogen) atoms. The number of hydrogen-bond donors (Lipinski definition) is 2. The fourth-order valence-corrected chi connectivity index (χ4v) is 2.74. The van der Waals surface area contributed by atoms with Gasteiger partial charge in [0.25, 0.3) is 0 Å². The minimum absolute atomic E-state index is 0.0108. The van der Waals surface area contributed by atoms with Crippen molar-refractivity contribution in [2.75, 3.05) is 11.5 Å². The second-order valence-electron chi connectivity index (χ2n) is 6.33. The Morgan fingerprint density at radius 3 is 2.16 bits per heavy atom. The summed E-state index contributed by atoms with van der Waals surface area (Å²) in [5, 5.41) is 0. The first kappa shape index (κ1) is 20.0. The molecule has 0 saturated heterocycles. The lowest BCUT2D eigenvalue weighted by molar-refractivity contribution is -0.137. The van der Waals surface area contributed by atoms with Gasteiger partial charge in [-0.25, -0.2) is 15.0 Å². The molecule has 4 rings (SSSR count). The highest BCUT2D eigenvalue weighted by molar-refractivity contribution is 5.72. The summed E-state index contributed by atoms with van der Waals surface area (Å²) in [4.78, 5) is 19.8. The highest BCUT2D eigenvalue weighted by Crippen LogP contribution is 2.39. The molecule has 1 aromatic carbocycles. The average Bonchev–Trinajstić information content (AvgIpc) is 2.74. The van der Waals surface area contributed by atoms with Crippen LogP contribution in [0.2, 0.25) is 0 Å². The molecule has 3 heterocycles. The maximum absolute atomic E-state index is 13.2. The summed E-state index contributed by atoms with van der Waals surface area (Å²) in [7, 11) is 0. The molecule has 0 aliphatic heterocycles. The number of nitrogens with two attached hydrogens (primary N) is 2. The third kappa shape index (κ3) is 4.50. The largest absolute Gasteiger partial charge is 0.438 e. The average molecular weight is 425 g/mol. The van der Waals surface area contributed by atoms with Crippen LogP contribution in [0.5, 0.6) is 11.6 Å². The molecule has 8 nitrogen and oxygen atoms in total. The summed E-state index contributed by atoms with van der Waals surface area (Å²) in [6, 6.07) is 7.96. The van der Waals surface area contributed by atoms with E-state index in [0.29, 0.717) is 22.4 Å². The first-order chi connectivity index (χ1) is 14.8. The van der Waals surface area contributed by atoms with E-state index in [1.807, 2.05) is 0 Å². The fraction of sp³-hybridized carbons (Fsp3) is 0.0500. The van der Waals surface area contributed by atoms with E-state index in [1.54, 1.807) is 12.1 Å². The van der Waals surface area contributed by atoms with Crippen LogP contribution in [-0.2, 0) is 6.18 Å². The Morgan fingerprint density at radius 2 is 1.52 bits per heavy atom. The standard InChI is InChI=1S/C20H14F3N7O/c21-20(22,23)13-2-3-14(16(7-13)31-17-5-6-26-19(25)30-17)11-1-4-15(27-8-11)12-9-28-18(24)29-10-12/h1-10H,(H2,24,28,29)(H2,25,26,30). The topological polar surface area (TPSA) is 126 Å². The van der Waals surface area contributed by atoms with Crippen LogP contribution in [0.4, 0.5) is 25.1 Å². The van der Waals surface area contributed by atoms with Crippen molar-refractivity contribution in [3.05, 3.63) is 66.7 Å².